The molecule has 0 amide bonds. The van der Waals surface area contributed by atoms with E-state index >= 15 is 0 Å². The largest absolute Gasteiger partial charge is 0.506 e. The molecule has 0 aliphatic rings. The molecule has 0 fully saturated rings. The average Bonchev–Trinajstić information content (AvgIpc) is 2.25. The molecule has 5 heteroatoms. The quantitative estimate of drug-likeness (QED) is 0.549. The molecule has 2 aromatic rings. The summed E-state index contributed by atoms with van der Waals surface area (Å²) in [6.07, 6.45) is 0. The highest BCUT2D eigenvalue weighted by molar-refractivity contribution is 9.11. The van der Waals surface area contributed by atoms with Crippen molar-refractivity contribution < 1.29 is 5.11 Å². The Morgan fingerprint density at radius 3 is 2.56 bits per heavy atom. The molecule has 2 aromatic carbocycles. The number of halogens is 2. The van der Waals surface area contributed by atoms with E-state index in [-0.39, 0.29) is 11.6 Å². The highest BCUT2D eigenvalue weighted by Crippen LogP contribution is 2.38. The van der Waals surface area contributed by atoms with Gasteiger partial charge in [0, 0.05) is 5.56 Å². The van der Waals surface area contributed by atoms with Gasteiger partial charge in [0.1, 0.15) is 11.6 Å². The summed E-state index contributed by atoms with van der Waals surface area (Å²) in [5.74, 6) is 0.199. The number of hydrogen-bond donors (Lipinski definition) is 3. The van der Waals surface area contributed by atoms with Gasteiger partial charge in [0.25, 0.3) is 0 Å². The van der Waals surface area contributed by atoms with Crippen molar-refractivity contribution >= 4 is 48.5 Å². The first-order valence-electron chi connectivity index (χ1n) is 4.46. The maximum absolute atomic E-state index is 9.72. The van der Waals surface area contributed by atoms with Crippen molar-refractivity contribution in [1.82, 2.24) is 0 Å². The van der Waals surface area contributed by atoms with Crippen LogP contribution >= 0.6 is 31.9 Å². The second-order valence-corrected chi connectivity index (χ2v) is 5.02. The first-order valence-corrected chi connectivity index (χ1v) is 6.04. The molecule has 0 saturated heterocycles. The Morgan fingerprint density at radius 1 is 1.25 bits per heavy atom. The molecule has 0 unspecified atom stereocenters. The summed E-state index contributed by atoms with van der Waals surface area (Å²) in [6, 6.07) is 7.18. The van der Waals surface area contributed by atoms with Gasteiger partial charge in [-0.3, -0.25) is 5.41 Å². The van der Waals surface area contributed by atoms with Crippen molar-refractivity contribution in [3.8, 4) is 5.75 Å². The SMILES string of the molecule is N=C(N)c1ccc2c(Br)c(O)c(Br)cc2c1. The molecule has 0 radical (unpaired) electrons. The lowest BCUT2D eigenvalue weighted by Crippen LogP contribution is -2.10. The summed E-state index contributed by atoms with van der Waals surface area (Å²) in [5.41, 5.74) is 6.09. The highest BCUT2D eigenvalue weighted by Gasteiger charge is 2.09. The normalized spacial score (nSPS) is 10.6. The van der Waals surface area contributed by atoms with Crippen molar-refractivity contribution in [3.63, 3.8) is 0 Å². The van der Waals surface area contributed by atoms with Crippen molar-refractivity contribution in [2.45, 2.75) is 0 Å². The summed E-state index contributed by atoms with van der Waals surface area (Å²) in [5, 5.41) is 18.9. The van der Waals surface area contributed by atoms with Crippen LogP contribution in [0.15, 0.2) is 33.2 Å². The number of fused-ring (bicyclic) bond motifs is 1. The van der Waals surface area contributed by atoms with E-state index in [9.17, 15) is 5.11 Å². The van der Waals surface area contributed by atoms with E-state index < -0.39 is 0 Å². The molecule has 3 nitrogen and oxygen atoms in total. The van der Waals surface area contributed by atoms with E-state index in [4.69, 9.17) is 11.1 Å². The molecule has 82 valence electrons. The van der Waals surface area contributed by atoms with Gasteiger partial charge in [-0.05, 0) is 54.8 Å². The summed E-state index contributed by atoms with van der Waals surface area (Å²) in [6.45, 7) is 0. The second kappa shape index (κ2) is 4.07. The monoisotopic (exact) mass is 342 g/mol. The molecule has 16 heavy (non-hydrogen) atoms. The topological polar surface area (TPSA) is 70.1 Å². The van der Waals surface area contributed by atoms with Crippen LogP contribution in [-0.2, 0) is 0 Å². The lowest BCUT2D eigenvalue weighted by molar-refractivity contribution is 0.469. The van der Waals surface area contributed by atoms with E-state index in [0.29, 0.717) is 14.5 Å². The number of phenolic OH excluding ortho intramolecular Hbond substituents is 1. The standard InChI is InChI=1S/C11H8Br2N2O/c12-8-4-6-3-5(11(14)15)1-2-7(6)9(13)10(8)16/h1-4,16H,(H3,14,15). The van der Waals surface area contributed by atoms with E-state index in [2.05, 4.69) is 31.9 Å². The summed E-state index contributed by atoms with van der Waals surface area (Å²) < 4.78 is 1.24. The Morgan fingerprint density at radius 2 is 1.94 bits per heavy atom. The lowest BCUT2D eigenvalue weighted by Gasteiger charge is -2.07. The van der Waals surface area contributed by atoms with Crippen LogP contribution in [0.5, 0.6) is 5.75 Å². The van der Waals surface area contributed by atoms with Crippen LogP contribution in [0.25, 0.3) is 10.8 Å². The number of nitrogen functional groups attached to an aromatic ring is 1. The minimum Gasteiger partial charge on any atom is -0.506 e. The van der Waals surface area contributed by atoms with E-state index in [0.717, 1.165) is 10.8 Å². The molecule has 0 heterocycles. The van der Waals surface area contributed by atoms with Gasteiger partial charge in [0.2, 0.25) is 0 Å². The first kappa shape index (κ1) is 11.4. The molecule has 4 N–H and O–H groups in total. The van der Waals surface area contributed by atoms with E-state index in [1.807, 2.05) is 12.1 Å². The Labute approximate surface area is 109 Å². The smallest absolute Gasteiger partial charge is 0.144 e. The van der Waals surface area contributed by atoms with Crippen LogP contribution in [-0.4, -0.2) is 10.9 Å². The molecular formula is C11H8Br2N2O. The Kier molecular flexibility index (Phi) is 2.90. The maximum atomic E-state index is 9.72. The maximum Gasteiger partial charge on any atom is 0.144 e. The van der Waals surface area contributed by atoms with Crippen LogP contribution in [0.2, 0.25) is 0 Å². The van der Waals surface area contributed by atoms with Crippen LogP contribution in [0.4, 0.5) is 0 Å². The Balaban J connectivity index is 2.81. The second-order valence-electron chi connectivity index (χ2n) is 3.37. The fraction of sp³-hybridized carbons (Fsp3) is 0. The Hall–Kier alpha value is -1.07. The van der Waals surface area contributed by atoms with Gasteiger partial charge in [-0.25, -0.2) is 0 Å². The third kappa shape index (κ3) is 1.81. The number of nitrogens with two attached hydrogens (primary N) is 1. The van der Waals surface area contributed by atoms with Crippen molar-refractivity contribution in [1.29, 1.82) is 5.41 Å². The zero-order chi connectivity index (χ0) is 11.9. The number of amidine groups is 1. The third-order valence-electron chi connectivity index (χ3n) is 2.32. The van der Waals surface area contributed by atoms with Gasteiger partial charge in [0.15, 0.2) is 0 Å². The van der Waals surface area contributed by atoms with Crippen LogP contribution in [0.3, 0.4) is 0 Å². The average molecular weight is 344 g/mol. The van der Waals surface area contributed by atoms with Crippen molar-refractivity contribution in [3.05, 3.63) is 38.8 Å². The third-order valence-corrected chi connectivity index (χ3v) is 3.72. The predicted octanol–water partition coefficient (Wildman–Crippen LogP) is 3.35. The van der Waals surface area contributed by atoms with E-state index in [1.165, 1.54) is 0 Å². The number of phenols is 1. The Bertz CT molecular complexity index is 596. The van der Waals surface area contributed by atoms with Gasteiger partial charge in [-0.15, -0.1) is 0 Å². The fourth-order valence-electron chi connectivity index (χ4n) is 1.49. The number of aromatic hydroxyl groups is 1. The highest BCUT2D eigenvalue weighted by atomic mass is 79.9. The minimum atomic E-state index is 0.0298. The minimum absolute atomic E-state index is 0.0298. The van der Waals surface area contributed by atoms with Crippen LogP contribution < -0.4 is 5.73 Å². The molecule has 0 saturated carbocycles. The van der Waals surface area contributed by atoms with Crippen LogP contribution in [0, 0.1) is 5.41 Å². The zero-order valence-corrected chi connectivity index (χ0v) is 11.3. The van der Waals surface area contributed by atoms with Gasteiger partial charge < -0.3 is 10.8 Å². The summed E-state index contributed by atoms with van der Waals surface area (Å²) in [7, 11) is 0. The van der Waals surface area contributed by atoms with Crippen LogP contribution in [0.1, 0.15) is 5.56 Å². The summed E-state index contributed by atoms with van der Waals surface area (Å²) in [4.78, 5) is 0. The first-order chi connectivity index (χ1) is 7.50. The molecule has 0 bridgehead atoms. The number of benzene rings is 2. The van der Waals surface area contributed by atoms with Crippen molar-refractivity contribution in [2.24, 2.45) is 5.73 Å². The summed E-state index contributed by atoms with van der Waals surface area (Å²) >= 11 is 6.59. The molecule has 0 aliphatic heterocycles. The fourth-order valence-corrected chi connectivity index (χ4v) is 2.77. The van der Waals surface area contributed by atoms with Gasteiger partial charge in [0.05, 0.1) is 8.95 Å². The van der Waals surface area contributed by atoms with Gasteiger partial charge >= 0.3 is 0 Å². The molecule has 0 aliphatic carbocycles. The molecule has 2 rings (SSSR count). The molecule has 0 spiro atoms. The zero-order valence-electron chi connectivity index (χ0n) is 8.09. The number of hydrogen-bond acceptors (Lipinski definition) is 2. The molecular weight excluding hydrogens is 336 g/mol. The predicted molar refractivity (Wildman–Crippen MR) is 72.0 cm³/mol. The lowest BCUT2D eigenvalue weighted by atomic mass is 10.1. The molecule has 0 atom stereocenters. The van der Waals surface area contributed by atoms with Gasteiger partial charge in [-0.2, -0.15) is 0 Å². The van der Waals surface area contributed by atoms with Gasteiger partial charge in [-0.1, -0.05) is 12.1 Å². The number of nitrogens with one attached hydrogen (secondary N) is 1. The van der Waals surface area contributed by atoms with E-state index in [1.54, 1.807) is 12.1 Å². The molecule has 0 aromatic heterocycles. The van der Waals surface area contributed by atoms with Crippen molar-refractivity contribution in [2.75, 3.05) is 0 Å². The number of rotatable bonds is 1.